The molecule has 1 heterocycles. The maximum atomic E-state index is 6.08. The van der Waals surface area contributed by atoms with Crippen molar-refractivity contribution in [1.29, 1.82) is 0 Å². The van der Waals surface area contributed by atoms with Crippen LogP contribution < -0.4 is 5.32 Å². The fourth-order valence-electron chi connectivity index (χ4n) is 3.15. The molecule has 2 rings (SSSR count). The largest absolute Gasteiger partial charge is 0.459 e. The normalized spacial score (nSPS) is 14.5. The Labute approximate surface area is 128 Å². The number of unbranched alkanes of at least 4 members (excludes halogenated alkanes) is 1. The van der Waals surface area contributed by atoms with Crippen molar-refractivity contribution in [2.24, 2.45) is 0 Å². The average molecular weight is 287 g/mol. The molecule has 0 saturated heterocycles. The second kappa shape index (κ2) is 7.65. The van der Waals surface area contributed by atoms with Gasteiger partial charge in [-0.3, -0.25) is 0 Å². The highest BCUT2D eigenvalue weighted by Crippen LogP contribution is 2.29. The van der Waals surface area contributed by atoms with Crippen LogP contribution >= 0.6 is 0 Å². The third-order valence-corrected chi connectivity index (χ3v) is 4.30. The van der Waals surface area contributed by atoms with E-state index in [0.717, 1.165) is 11.3 Å². The number of para-hydroxylation sites is 1. The van der Waals surface area contributed by atoms with Crippen molar-refractivity contribution < 1.29 is 4.42 Å². The van der Waals surface area contributed by atoms with Gasteiger partial charge < -0.3 is 9.73 Å². The standard InChI is InChI=1S/C19H29NO/c1-5-7-11-16(10-6-2)20-15(4)19-14(3)17-12-8-9-13-18(17)21-19/h8-9,12-13,15-16,20H,5-7,10-11H2,1-4H3. The molecule has 2 aromatic rings. The molecule has 0 amide bonds. The van der Waals surface area contributed by atoms with Gasteiger partial charge >= 0.3 is 0 Å². The highest BCUT2D eigenvalue weighted by molar-refractivity contribution is 5.82. The molecule has 0 bridgehead atoms. The average Bonchev–Trinajstić information content (AvgIpc) is 2.83. The molecule has 0 aliphatic carbocycles. The minimum Gasteiger partial charge on any atom is -0.459 e. The van der Waals surface area contributed by atoms with E-state index in [9.17, 15) is 0 Å². The van der Waals surface area contributed by atoms with Crippen LogP contribution in [0, 0.1) is 6.92 Å². The lowest BCUT2D eigenvalue weighted by molar-refractivity contribution is 0.361. The number of hydrogen-bond acceptors (Lipinski definition) is 2. The minimum atomic E-state index is 0.269. The molecule has 2 atom stereocenters. The minimum absolute atomic E-state index is 0.269. The molecule has 116 valence electrons. The van der Waals surface area contributed by atoms with Gasteiger partial charge in [0.2, 0.25) is 0 Å². The summed E-state index contributed by atoms with van der Waals surface area (Å²) in [7, 11) is 0. The van der Waals surface area contributed by atoms with Crippen molar-refractivity contribution in [3.63, 3.8) is 0 Å². The quantitative estimate of drug-likeness (QED) is 0.668. The first-order valence-corrected chi connectivity index (χ1v) is 8.41. The number of benzene rings is 1. The van der Waals surface area contributed by atoms with Gasteiger partial charge in [-0.15, -0.1) is 0 Å². The monoisotopic (exact) mass is 287 g/mol. The predicted molar refractivity (Wildman–Crippen MR) is 90.7 cm³/mol. The Bertz CT molecular complexity index is 558. The van der Waals surface area contributed by atoms with Gasteiger partial charge in [-0.25, -0.2) is 0 Å². The van der Waals surface area contributed by atoms with E-state index < -0.39 is 0 Å². The molecular formula is C19H29NO. The summed E-state index contributed by atoms with van der Waals surface area (Å²) in [5.74, 6) is 1.09. The van der Waals surface area contributed by atoms with E-state index in [1.54, 1.807) is 0 Å². The van der Waals surface area contributed by atoms with E-state index in [-0.39, 0.29) is 6.04 Å². The maximum absolute atomic E-state index is 6.08. The molecule has 1 aromatic carbocycles. The summed E-state index contributed by atoms with van der Waals surface area (Å²) in [6.07, 6.45) is 6.29. The van der Waals surface area contributed by atoms with Crippen LogP contribution in [-0.4, -0.2) is 6.04 Å². The molecule has 2 nitrogen and oxygen atoms in total. The Kier molecular flexibility index (Phi) is 5.86. The molecule has 0 fully saturated rings. The summed E-state index contributed by atoms with van der Waals surface area (Å²) < 4.78 is 6.08. The molecule has 1 N–H and O–H groups in total. The molecule has 0 aliphatic rings. The van der Waals surface area contributed by atoms with Crippen molar-refractivity contribution in [3.05, 3.63) is 35.6 Å². The Morgan fingerprint density at radius 1 is 1.10 bits per heavy atom. The number of nitrogens with one attached hydrogen (secondary N) is 1. The molecule has 2 heteroatoms. The van der Waals surface area contributed by atoms with E-state index >= 15 is 0 Å². The lowest BCUT2D eigenvalue weighted by atomic mass is 10.0. The molecule has 21 heavy (non-hydrogen) atoms. The third kappa shape index (κ3) is 3.88. The van der Waals surface area contributed by atoms with Gasteiger partial charge in [-0.1, -0.05) is 51.3 Å². The zero-order chi connectivity index (χ0) is 15.2. The van der Waals surface area contributed by atoms with Crippen LogP contribution in [0.4, 0.5) is 0 Å². The van der Waals surface area contributed by atoms with E-state index in [2.05, 4.69) is 51.2 Å². The predicted octanol–water partition coefficient (Wildman–Crippen LogP) is 5.75. The molecule has 1 aromatic heterocycles. The molecule has 2 unspecified atom stereocenters. The lowest BCUT2D eigenvalue weighted by Gasteiger charge is -2.22. The fraction of sp³-hybridized carbons (Fsp3) is 0.579. The van der Waals surface area contributed by atoms with Crippen LogP contribution in [0.1, 0.15) is 70.2 Å². The van der Waals surface area contributed by atoms with Crippen molar-refractivity contribution in [1.82, 2.24) is 5.32 Å². The lowest BCUT2D eigenvalue weighted by Crippen LogP contribution is -2.31. The van der Waals surface area contributed by atoms with E-state index in [0.29, 0.717) is 6.04 Å². The van der Waals surface area contributed by atoms with Crippen LogP contribution in [0.2, 0.25) is 0 Å². The van der Waals surface area contributed by atoms with Crippen molar-refractivity contribution in [2.45, 2.75) is 71.9 Å². The Balaban J connectivity index is 2.12. The van der Waals surface area contributed by atoms with Crippen molar-refractivity contribution >= 4 is 11.0 Å². The summed E-state index contributed by atoms with van der Waals surface area (Å²) >= 11 is 0. The van der Waals surface area contributed by atoms with Gasteiger partial charge in [0.05, 0.1) is 6.04 Å². The first kappa shape index (κ1) is 16.1. The number of hydrogen-bond donors (Lipinski definition) is 1. The molecular weight excluding hydrogens is 258 g/mol. The van der Waals surface area contributed by atoms with Crippen LogP contribution in [0.25, 0.3) is 11.0 Å². The SMILES string of the molecule is CCCCC(CCC)NC(C)c1oc2ccccc2c1C. The second-order valence-corrected chi connectivity index (χ2v) is 6.10. The van der Waals surface area contributed by atoms with Gasteiger partial charge in [-0.2, -0.15) is 0 Å². The zero-order valence-electron chi connectivity index (χ0n) is 13.9. The molecule has 0 spiro atoms. The number of aryl methyl sites for hydroxylation is 1. The van der Waals surface area contributed by atoms with Crippen LogP contribution in [0.15, 0.2) is 28.7 Å². The summed E-state index contributed by atoms with van der Waals surface area (Å²) in [5.41, 5.74) is 2.27. The van der Waals surface area contributed by atoms with Crippen LogP contribution in [0.3, 0.4) is 0 Å². The topological polar surface area (TPSA) is 25.2 Å². The summed E-state index contributed by atoms with van der Waals surface area (Å²) in [5, 5.41) is 5.01. The Hall–Kier alpha value is -1.28. The first-order valence-electron chi connectivity index (χ1n) is 8.41. The summed E-state index contributed by atoms with van der Waals surface area (Å²) in [6.45, 7) is 8.91. The number of furan rings is 1. The summed E-state index contributed by atoms with van der Waals surface area (Å²) in [6, 6.07) is 9.18. The Morgan fingerprint density at radius 3 is 2.52 bits per heavy atom. The smallest absolute Gasteiger partial charge is 0.134 e. The highest BCUT2D eigenvalue weighted by atomic mass is 16.3. The Morgan fingerprint density at radius 2 is 1.86 bits per heavy atom. The molecule has 0 saturated carbocycles. The van der Waals surface area contributed by atoms with Gasteiger partial charge in [-0.05, 0) is 38.3 Å². The van der Waals surface area contributed by atoms with E-state index in [1.807, 2.05) is 6.07 Å². The molecule has 0 radical (unpaired) electrons. The fourth-order valence-corrected chi connectivity index (χ4v) is 3.15. The van der Waals surface area contributed by atoms with Gasteiger partial charge in [0.1, 0.15) is 11.3 Å². The zero-order valence-corrected chi connectivity index (χ0v) is 13.9. The molecule has 0 aliphatic heterocycles. The van der Waals surface area contributed by atoms with Crippen LogP contribution in [-0.2, 0) is 0 Å². The maximum Gasteiger partial charge on any atom is 0.134 e. The van der Waals surface area contributed by atoms with E-state index in [1.165, 1.54) is 43.1 Å². The first-order chi connectivity index (χ1) is 10.2. The number of fused-ring (bicyclic) bond motifs is 1. The number of rotatable bonds is 8. The van der Waals surface area contributed by atoms with Crippen molar-refractivity contribution in [2.75, 3.05) is 0 Å². The van der Waals surface area contributed by atoms with Gasteiger partial charge in [0, 0.05) is 11.4 Å². The van der Waals surface area contributed by atoms with Gasteiger partial charge in [0.15, 0.2) is 0 Å². The van der Waals surface area contributed by atoms with Crippen molar-refractivity contribution in [3.8, 4) is 0 Å². The summed E-state index contributed by atoms with van der Waals surface area (Å²) in [4.78, 5) is 0. The van der Waals surface area contributed by atoms with E-state index in [4.69, 9.17) is 4.42 Å². The second-order valence-electron chi connectivity index (χ2n) is 6.10. The highest BCUT2D eigenvalue weighted by Gasteiger charge is 2.19. The van der Waals surface area contributed by atoms with Gasteiger partial charge in [0.25, 0.3) is 0 Å². The van der Waals surface area contributed by atoms with Crippen LogP contribution in [0.5, 0.6) is 0 Å². The third-order valence-electron chi connectivity index (χ3n) is 4.30.